The van der Waals surface area contributed by atoms with Crippen LogP contribution < -0.4 is 10.1 Å². The Kier molecular flexibility index (Phi) is 5.12. The second-order valence-corrected chi connectivity index (χ2v) is 4.15. The quantitative estimate of drug-likeness (QED) is 0.804. The number of anilines is 1. The maximum Gasteiger partial charge on any atom is 0.142 e. The summed E-state index contributed by atoms with van der Waals surface area (Å²) in [6, 6.07) is 6.16. The Bertz CT molecular complexity index is 326. The largest absolute Gasteiger partial charge is 0.495 e. The molecule has 90 valence electrons. The van der Waals surface area contributed by atoms with Gasteiger partial charge in [0, 0.05) is 13.7 Å². The Hall–Kier alpha value is -1.22. The van der Waals surface area contributed by atoms with Crippen molar-refractivity contribution in [2.45, 2.75) is 13.8 Å². The molecule has 16 heavy (non-hydrogen) atoms. The highest BCUT2D eigenvalue weighted by molar-refractivity contribution is 5.57. The van der Waals surface area contributed by atoms with Crippen molar-refractivity contribution in [1.29, 1.82) is 0 Å². The zero-order valence-corrected chi connectivity index (χ0v) is 10.5. The molecule has 0 aromatic heterocycles. The molecule has 0 fully saturated rings. The van der Waals surface area contributed by atoms with Crippen molar-refractivity contribution in [1.82, 2.24) is 0 Å². The summed E-state index contributed by atoms with van der Waals surface area (Å²) in [6.45, 7) is 5.85. The van der Waals surface area contributed by atoms with E-state index in [4.69, 9.17) is 9.47 Å². The molecule has 0 aliphatic carbocycles. The van der Waals surface area contributed by atoms with Crippen LogP contribution in [0.5, 0.6) is 5.75 Å². The summed E-state index contributed by atoms with van der Waals surface area (Å²) in [5.74, 6) is 1.38. The van der Waals surface area contributed by atoms with Gasteiger partial charge in [-0.05, 0) is 30.5 Å². The monoisotopic (exact) mass is 223 g/mol. The van der Waals surface area contributed by atoms with E-state index in [2.05, 4.69) is 25.2 Å². The van der Waals surface area contributed by atoms with E-state index < -0.39 is 0 Å². The second kappa shape index (κ2) is 6.38. The van der Waals surface area contributed by atoms with Gasteiger partial charge in [-0.2, -0.15) is 0 Å². The van der Waals surface area contributed by atoms with Gasteiger partial charge in [-0.1, -0.05) is 13.0 Å². The van der Waals surface area contributed by atoms with Gasteiger partial charge in [0.05, 0.1) is 19.4 Å². The first-order valence-electron chi connectivity index (χ1n) is 5.54. The lowest BCUT2D eigenvalue weighted by atomic mass is 10.1. The molecule has 0 saturated carbocycles. The Morgan fingerprint density at radius 3 is 2.69 bits per heavy atom. The topological polar surface area (TPSA) is 30.5 Å². The van der Waals surface area contributed by atoms with Gasteiger partial charge in [0.1, 0.15) is 5.75 Å². The number of nitrogens with one attached hydrogen (secondary N) is 1. The van der Waals surface area contributed by atoms with Gasteiger partial charge in [-0.25, -0.2) is 0 Å². The predicted octanol–water partition coefficient (Wildman–Crippen LogP) is 2.70. The summed E-state index contributed by atoms with van der Waals surface area (Å²) < 4.78 is 10.4. The van der Waals surface area contributed by atoms with Crippen LogP contribution in [0.3, 0.4) is 0 Å². The Labute approximate surface area is 97.8 Å². The summed E-state index contributed by atoms with van der Waals surface area (Å²) in [7, 11) is 3.42. The van der Waals surface area contributed by atoms with Crippen molar-refractivity contribution in [2.24, 2.45) is 5.92 Å². The minimum Gasteiger partial charge on any atom is -0.495 e. The molecule has 1 rings (SSSR count). The molecule has 1 aromatic rings. The average Bonchev–Trinajstić information content (AvgIpc) is 2.27. The fourth-order valence-electron chi connectivity index (χ4n) is 1.57. The predicted molar refractivity (Wildman–Crippen MR) is 67.3 cm³/mol. The van der Waals surface area contributed by atoms with Crippen LogP contribution in [0.4, 0.5) is 5.69 Å². The van der Waals surface area contributed by atoms with Crippen LogP contribution in [0.15, 0.2) is 18.2 Å². The summed E-state index contributed by atoms with van der Waals surface area (Å²) in [6.07, 6.45) is 0. The third-order valence-electron chi connectivity index (χ3n) is 2.45. The molecule has 1 unspecified atom stereocenters. The van der Waals surface area contributed by atoms with Crippen molar-refractivity contribution >= 4 is 5.69 Å². The third-order valence-corrected chi connectivity index (χ3v) is 2.45. The van der Waals surface area contributed by atoms with Crippen molar-refractivity contribution in [2.75, 3.05) is 32.7 Å². The lowest BCUT2D eigenvalue weighted by Gasteiger charge is -2.15. The zero-order valence-electron chi connectivity index (χ0n) is 10.5. The van der Waals surface area contributed by atoms with Gasteiger partial charge in [-0.3, -0.25) is 0 Å². The average molecular weight is 223 g/mol. The lowest BCUT2D eigenvalue weighted by Crippen LogP contribution is -2.16. The first kappa shape index (κ1) is 12.8. The van der Waals surface area contributed by atoms with Crippen molar-refractivity contribution in [3.05, 3.63) is 23.8 Å². The van der Waals surface area contributed by atoms with Gasteiger partial charge in [0.25, 0.3) is 0 Å². The van der Waals surface area contributed by atoms with Gasteiger partial charge in [-0.15, -0.1) is 0 Å². The molecular formula is C13H21NO2. The van der Waals surface area contributed by atoms with Gasteiger partial charge < -0.3 is 14.8 Å². The Morgan fingerprint density at radius 2 is 2.06 bits per heavy atom. The molecule has 0 bridgehead atoms. The molecular weight excluding hydrogens is 202 g/mol. The molecule has 0 saturated heterocycles. The van der Waals surface area contributed by atoms with Crippen molar-refractivity contribution < 1.29 is 9.47 Å². The van der Waals surface area contributed by atoms with Crippen LogP contribution >= 0.6 is 0 Å². The van der Waals surface area contributed by atoms with E-state index in [9.17, 15) is 0 Å². The number of ether oxygens (including phenoxy) is 2. The SMILES string of the molecule is COCC(C)CNc1ccc(C)cc1OC. The molecule has 1 atom stereocenters. The molecule has 0 aliphatic rings. The Balaban J connectivity index is 2.59. The highest BCUT2D eigenvalue weighted by Gasteiger charge is 2.05. The highest BCUT2D eigenvalue weighted by Crippen LogP contribution is 2.25. The van der Waals surface area contributed by atoms with Gasteiger partial charge >= 0.3 is 0 Å². The molecule has 3 heteroatoms. The summed E-state index contributed by atoms with van der Waals surface area (Å²) in [4.78, 5) is 0. The lowest BCUT2D eigenvalue weighted by molar-refractivity contribution is 0.164. The fourth-order valence-corrected chi connectivity index (χ4v) is 1.57. The molecule has 1 aromatic carbocycles. The van der Waals surface area contributed by atoms with E-state index in [0.29, 0.717) is 5.92 Å². The molecule has 0 aliphatic heterocycles. The number of benzene rings is 1. The van der Waals surface area contributed by atoms with Crippen LogP contribution in [-0.4, -0.2) is 27.4 Å². The minimum atomic E-state index is 0.482. The molecule has 1 N–H and O–H groups in total. The number of rotatable bonds is 6. The second-order valence-electron chi connectivity index (χ2n) is 4.15. The number of methoxy groups -OCH3 is 2. The van der Waals surface area contributed by atoms with Crippen LogP contribution in [0.25, 0.3) is 0 Å². The normalized spacial score (nSPS) is 12.2. The maximum atomic E-state index is 5.32. The van der Waals surface area contributed by atoms with E-state index in [1.54, 1.807) is 14.2 Å². The van der Waals surface area contributed by atoms with Crippen molar-refractivity contribution in [3.63, 3.8) is 0 Å². The van der Waals surface area contributed by atoms with Crippen LogP contribution in [-0.2, 0) is 4.74 Å². The molecule has 0 heterocycles. The van der Waals surface area contributed by atoms with E-state index in [1.165, 1.54) is 5.56 Å². The van der Waals surface area contributed by atoms with Crippen LogP contribution in [0.1, 0.15) is 12.5 Å². The fraction of sp³-hybridized carbons (Fsp3) is 0.538. The Morgan fingerprint density at radius 1 is 1.31 bits per heavy atom. The van der Waals surface area contributed by atoms with Gasteiger partial charge in [0.2, 0.25) is 0 Å². The zero-order chi connectivity index (χ0) is 12.0. The first-order valence-corrected chi connectivity index (χ1v) is 5.54. The molecule has 3 nitrogen and oxygen atoms in total. The van der Waals surface area contributed by atoms with Gasteiger partial charge in [0.15, 0.2) is 0 Å². The van der Waals surface area contributed by atoms with Crippen molar-refractivity contribution in [3.8, 4) is 5.75 Å². The van der Waals surface area contributed by atoms with E-state index in [-0.39, 0.29) is 0 Å². The van der Waals surface area contributed by atoms with E-state index in [1.807, 2.05) is 12.1 Å². The number of hydrogen-bond donors (Lipinski definition) is 1. The molecule has 0 spiro atoms. The molecule has 0 amide bonds. The van der Waals surface area contributed by atoms with E-state index >= 15 is 0 Å². The summed E-state index contributed by atoms with van der Waals surface area (Å²) >= 11 is 0. The first-order chi connectivity index (χ1) is 7.67. The highest BCUT2D eigenvalue weighted by atomic mass is 16.5. The smallest absolute Gasteiger partial charge is 0.142 e. The summed E-state index contributed by atoms with van der Waals surface area (Å²) in [5, 5.41) is 3.37. The van der Waals surface area contributed by atoms with E-state index in [0.717, 1.165) is 24.6 Å². The van der Waals surface area contributed by atoms with Crippen LogP contribution in [0.2, 0.25) is 0 Å². The summed E-state index contributed by atoms with van der Waals surface area (Å²) in [5.41, 5.74) is 2.24. The standard InChI is InChI=1S/C13H21NO2/c1-10-5-6-12(13(7-10)16-4)14-8-11(2)9-15-3/h5-7,11,14H,8-9H2,1-4H3. The number of hydrogen-bond acceptors (Lipinski definition) is 3. The minimum absolute atomic E-state index is 0.482. The maximum absolute atomic E-state index is 5.32. The molecule has 0 radical (unpaired) electrons. The number of aryl methyl sites for hydroxylation is 1. The third kappa shape index (κ3) is 3.74. The van der Waals surface area contributed by atoms with Crippen LogP contribution in [0, 0.1) is 12.8 Å².